The lowest BCUT2D eigenvalue weighted by Crippen LogP contribution is -2.38. The minimum Gasteiger partial charge on any atom is -0.476 e. The Hall–Kier alpha value is -2.41. The topological polar surface area (TPSA) is 97.1 Å². The van der Waals surface area contributed by atoms with Crippen molar-refractivity contribution < 1.29 is 14.7 Å². The number of aromatic carboxylic acids is 1. The van der Waals surface area contributed by atoms with Crippen LogP contribution in [-0.2, 0) is 16.8 Å². The lowest BCUT2D eigenvalue weighted by atomic mass is 9.84. The van der Waals surface area contributed by atoms with E-state index in [0.717, 1.165) is 5.56 Å². The molecule has 0 unspecified atom stereocenters. The monoisotopic (exact) mass is 336 g/mol. The van der Waals surface area contributed by atoms with Gasteiger partial charge in [-0.15, -0.1) is 5.10 Å². The van der Waals surface area contributed by atoms with Crippen molar-refractivity contribution in [1.82, 2.24) is 20.3 Å². The molecule has 0 bridgehead atoms. The lowest BCUT2D eigenvalue weighted by Gasteiger charge is -2.26. The molecule has 0 atom stereocenters. The van der Waals surface area contributed by atoms with Crippen LogP contribution in [0.1, 0.15) is 29.9 Å². The Bertz CT molecular complexity index is 727. The highest BCUT2D eigenvalue weighted by Crippen LogP contribution is 2.28. The molecule has 2 N–H and O–H groups in total. The van der Waals surface area contributed by atoms with E-state index in [1.165, 1.54) is 10.9 Å². The number of hydrogen-bond donors (Lipinski definition) is 2. The van der Waals surface area contributed by atoms with Crippen molar-refractivity contribution in [1.29, 1.82) is 0 Å². The van der Waals surface area contributed by atoms with E-state index in [9.17, 15) is 9.59 Å². The number of nitrogens with zero attached hydrogens (tertiary/aromatic N) is 3. The summed E-state index contributed by atoms with van der Waals surface area (Å²) in [4.78, 5) is 22.7. The third-order valence-corrected chi connectivity index (χ3v) is 3.72. The van der Waals surface area contributed by atoms with Crippen molar-refractivity contribution in [2.45, 2.75) is 25.8 Å². The number of aromatic nitrogens is 3. The molecule has 7 nitrogen and oxygen atoms in total. The molecule has 0 saturated heterocycles. The van der Waals surface area contributed by atoms with Crippen LogP contribution in [0.2, 0.25) is 5.02 Å². The van der Waals surface area contributed by atoms with Crippen molar-refractivity contribution in [3.05, 3.63) is 46.7 Å². The average molecular weight is 337 g/mol. The zero-order valence-corrected chi connectivity index (χ0v) is 13.5. The molecule has 0 radical (unpaired) electrons. The molecule has 1 heterocycles. The number of amides is 1. The van der Waals surface area contributed by atoms with Gasteiger partial charge in [0.2, 0.25) is 5.91 Å². The first-order valence-electron chi connectivity index (χ1n) is 6.95. The van der Waals surface area contributed by atoms with Crippen LogP contribution >= 0.6 is 11.6 Å². The molecule has 1 aromatic carbocycles. The Labute approximate surface area is 138 Å². The zero-order valence-electron chi connectivity index (χ0n) is 12.8. The normalized spacial score (nSPS) is 11.3. The van der Waals surface area contributed by atoms with Gasteiger partial charge >= 0.3 is 5.97 Å². The minimum atomic E-state index is -1.18. The van der Waals surface area contributed by atoms with Gasteiger partial charge in [0.25, 0.3) is 0 Å². The number of benzene rings is 1. The average Bonchev–Trinajstić information content (AvgIpc) is 2.94. The van der Waals surface area contributed by atoms with Gasteiger partial charge in [0, 0.05) is 17.0 Å². The van der Waals surface area contributed by atoms with Crippen LogP contribution in [0.3, 0.4) is 0 Å². The van der Waals surface area contributed by atoms with E-state index in [-0.39, 0.29) is 23.6 Å². The molecular weight excluding hydrogens is 320 g/mol. The van der Waals surface area contributed by atoms with Crippen molar-refractivity contribution in [3.63, 3.8) is 0 Å². The Balaban J connectivity index is 1.95. The summed E-state index contributed by atoms with van der Waals surface area (Å²) in [5.74, 6) is -1.47. The molecule has 8 heteroatoms. The Morgan fingerprint density at radius 2 is 2.04 bits per heavy atom. The quantitative estimate of drug-likeness (QED) is 0.837. The molecule has 0 aliphatic heterocycles. The molecule has 1 aromatic heterocycles. The van der Waals surface area contributed by atoms with Gasteiger partial charge in [-0.2, -0.15) is 0 Å². The number of nitrogens with one attached hydrogen (secondary N) is 1. The van der Waals surface area contributed by atoms with Crippen LogP contribution in [0.25, 0.3) is 0 Å². The molecular formula is C15H17ClN4O3. The fourth-order valence-corrected chi connectivity index (χ4v) is 2.49. The molecule has 2 aromatic rings. The highest BCUT2D eigenvalue weighted by Gasteiger charge is 2.23. The molecule has 0 aliphatic rings. The SMILES string of the molecule is CC(C)(CNC(=O)Cn1cc(C(=O)O)nn1)c1ccccc1Cl. The van der Waals surface area contributed by atoms with Gasteiger partial charge in [-0.3, -0.25) is 4.79 Å². The number of rotatable bonds is 6. The van der Waals surface area contributed by atoms with E-state index in [1.54, 1.807) is 0 Å². The van der Waals surface area contributed by atoms with E-state index >= 15 is 0 Å². The summed E-state index contributed by atoms with van der Waals surface area (Å²) in [6, 6.07) is 7.48. The Kier molecular flexibility index (Phi) is 5.00. The highest BCUT2D eigenvalue weighted by molar-refractivity contribution is 6.31. The van der Waals surface area contributed by atoms with Crippen molar-refractivity contribution in [3.8, 4) is 0 Å². The number of carboxylic acid groups (broad SMARTS) is 1. The largest absolute Gasteiger partial charge is 0.476 e. The molecule has 23 heavy (non-hydrogen) atoms. The molecule has 122 valence electrons. The van der Waals surface area contributed by atoms with Crippen LogP contribution in [0.15, 0.2) is 30.5 Å². The van der Waals surface area contributed by atoms with Crippen LogP contribution in [-0.4, -0.2) is 38.5 Å². The molecule has 2 rings (SSSR count). The van der Waals surface area contributed by atoms with E-state index in [4.69, 9.17) is 16.7 Å². The van der Waals surface area contributed by atoms with E-state index in [1.807, 2.05) is 38.1 Å². The second-order valence-electron chi connectivity index (χ2n) is 5.75. The second kappa shape index (κ2) is 6.78. The van der Waals surface area contributed by atoms with E-state index in [2.05, 4.69) is 15.6 Å². The van der Waals surface area contributed by atoms with E-state index < -0.39 is 5.97 Å². The first-order chi connectivity index (χ1) is 10.8. The predicted molar refractivity (Wildman–Crippen MR) is 84.5 cm³/mol. The number of carboxylic acids is 1. The Morgan fingerprint density at radius 3 is 2.65 bits per heavy atom. The van der Waals surface area contributed by atoms with Gasteiger partial charge in [-0.05, 0) is 11.6 Å². The smallest absolute Gasteiger partial charge is 0.358 e. The fraction of sp³-hybridized carbons (Fsp3) is 0.333. The zero-order chi connectivity index (χ0) is 17.0. The van der Waals surface area contributed by atoms with Crippen LogP contribution in [0, 0.1) is 0 Å². The van der Waals surface area contributed by atoms with Gasteiger partial charge in [0.05, 0.1) is 6.20 Å². The van der Waals surface area contributed by atoms with Crippen LogP contribution in [0.4, 0.5) is 0 Å². The molecule has 0 saturated carbocycles. The molecule has 0 spiro atoms. The summed E-state index contributed by atoms with van der Waals surface area (Å²) >= 11 is 6.20. The number of halogens is 1. The van der Waals surface area contributed by atoms with Crippen LogP contribution < -0.4 is 5.32 Å². The third kappa shape index (κ3) is 4.29. The van der Waals surface area contributed by atoms with Gasteiger partial charge in [-0.25, -0.2) is 9.48 Å². The van der Waals surface area contributed by atoms with Crippen molar-refractivity contribution in [2.75, 3.05) is 6.54 Å². The van der Waals surface area contributed by atoms with Gasteiger partial charge < -0.3 is 10.4 Å². The maximum atomic E-state index is 12.0. The fourth-order valence-electron chi connectivity index (χ4n) is 2.10. The maximum Gasteiger partial charge on any atom is 0.358 e. The summed E-state index contributed by atoms with van der Waals surface area (Å²) in [6.07, 6.45) is 1.21. The summed E-state index contributed by atoms with van der Waals surface area (Å²) in [5.41, 5.74) is 0.396. The second-order valence-corrected chi connectivity index (χ2v) is 6.15. The predicted octanol–water partition coefficient (Wildman–Crippen LogP) is 1.72. The standard InChI is InChI=1S/C15H17ClN4O3/c1-15(2,10-5-3-4-6-11(10)16)9-17-13(21)8-20-7-12(14(22)23)18-19-20/h3-7H,8-9H2,1-2H3,(H,17,21)(H,22,23). The number of carbonyl (C=O) groups is 2. The third-order valence-electron chi connectivity index (χ3n) is 3.39. The molecule has 1 amide bonds. The summed E-state index contributed by atoms with van der Waals surface area (Å²) in [6.45, 7) is 4.24. The number of carbonyl (C=O) groups excluding carboxylic acids is 1. The van der Waals surface area contributed by atoms with Crippen LogP contribution in [0.5, 0.6) is 0 Å². The Morgan fingerprint density at radius 1 is 1.35 bits per heavy atom. The molecule has 0 fully saturated rings. The van der Waals surface area contributed by atoms with Gasteiger partial charge in [0.1, 0.15) is 6.54 Å². The maximum absolute atomic E-state index is 12.0. The summed E-state index contributed by atoms with van der Waals surface area (Å²) in [5, 5.41) is 19.3. The van der Waals surface area contributed by atoms with Crippen molar-refractivity contribution in [2.24, 2.45) is 0 Å². The van der Waals surface area contributed by atoms with E-state index in [0.29, 0.717) is 11.6 Å². The summed E-state index contributed by atoms with van der Waals surface area (Å²) in [7, 11) is 0. The lowest BCUT2D eigenvalue weighted by molar-refractivity contribution is -0.122. The van der Waals surface area contributed by atoms with Gasteiger partial charge in [0.15, 0.2) is 5.69 Å². The van der Waals surface area contributed by atoms with Gasteiger partial charge in [-0.1, -0.05) is 48.9 Å². The first kappa shape index (κ1) is 17.0. The number of hydrogen-bond acceptors (Lipinski definition) is 4. The molecule has 0 aliphatic carbocycles. The minimum absolute atomic E-state index is 0.0983. The first-order valence-corrected chi connectivity index (χ1v) is 7.32. The summed E-state index contributed by atoms with van der Waals surface area (Å²) < 4.78 is 1.18. The highest BCUT2D eigenvalue weighted by atomic mass is 35.5. The van der Waals surface area contributed by atoms with Crippen molar-refractivity contribution >= 4 is 23.5 Å².